The molecule has 1 amide bonds. The molecule has 2 heterocycles. The van der Waals surface area contributed by atoms with Gasteiger partial charge in [0.1, 0.15) is 0 Å². The van der Waals surface area contributed by atoms with Crippen LogP contribution in [0.5, 0.6) is 0 Å². The molecule has 0 aliphatic carbocycles. The van der Waals surface area contributed by atoms with Crippen molar-refractivity contribution in [3.8, 4) is 0 Å². The Morgan fingerprint density at radius 3 is 2.94 bits per heavy atom. The highest BCUT2D eigenvalue weighted by atomic mass is 35.5. The molecule has 0 unspecified atom stereocenters. The van der Waals surface area contributed by atoms with Gasteiger partial charge in [-0.1, -0.05) is 11.6 Å². The highest BCUT2D eigenvalue weighted by molar-refractivity contribution is 7.98. The van der Waals surface area contributed by atoms with E-state index >= 15 is 0 Å². The van der Waals surface area contributed by atoms with E-state index in [1.54, 1.807) is 30.1 Å². The predicted molar refractivity (Wildman–Crippen MR) is 74.8 cm³/mol. The van der Waals surface area contributed by atoms with Crippen LogP contribution in [0, 0.1) is 0 Å². The number of rotatable bonds is 4. The maximum Gasteiger partial charge on any atom is 0.275 e. The fraction of sp³-hybridized carbons (Fsp3) is 0.0909. The molecule has 0 atom stereocenters. The monoisotopic (exact) mass is 299 g/mol. The molecular weight excluding hydrogens is 290 g/mol. The Balaban J connectivity index is 1.96. The van der Waals surface area contributed by atoms with Crippen molar-refractivity contribution in [1.82, 2.24) is 10.4 Å². The zero-order chi connectivity index (χ0) is 13.0. The number of pyridine rings is 1. The number of carbonyl (C=O) groups is 1. The van der Waals surface area contributed by atoms with E-state index in [1.807, 2.05) is 12.1 Å². The van der Waals surface area contributed by atoms with Crippen LogP contribution in [-0.4, -0.2) is 10.9 Å². The lowest BCUT2D eigenvalue weighted by molar-refractivity contribution is 0.0957. The molecule has 0 saturated heterocycles. The van der Waals surface area contributed by atoms with Crippen LogP contribution in [0.2, 0.25) is 5.02 Å². The average Bonchev–Trinajstić information content (AvgIpc) is 2.86. The maximum atomic E-state index is 11.3. The number of thiophene rings is 1. The van der Waals surface area contributed by atoms with Gasteiger partial charge < -0.3 is 0 Å². The van der Waals surface area contributed by atoms with Crippen molar-refractivity contribution in [3.05, 3.63) is 45.2 Å². The van der Waals surface area contributed by atoms with Gasteiger partial charge in [-0.25, -0.2) is 10.8 Å². The number of nitrogens with one attached hydrogen (secondary N) is 1. The summed E-state index contributed by atoms with van der Waals surface area (Å²) in [5.74, 6) is 5.57. The number of thioether (sulfide) groups is 1. The number of nitrogen functional groups attached to an aromatic ring is 1. The molecule has 94 valence electrons. The number of nitrogens with two attached hydrogens (primary N) is 1. The Labute approximate surface area is 118 Å². The third-order valence-corrected chi connectivity index (χ3v) is 4.56. The van der Waals surface area contributed by atoms with Gasteiger partial charge in [0.15, 0.2) is 0 Å². The Morgan fingerprint density at radius 1 is 1.44 bits per heavy atom. The minimum atomic E-state index is -0.263. The average molecular weight is 300 g/mol. The first-order chi connectivity index (χ1) is 8.69. The van der Waals surface area contributed by atoms with E-state index in [2.05, 4.69) is 10.4 Å². The van der Waals surface area contributed by atoms with E-state index in [9.17, 15) is 4.79 Å². The summed E-state index contributed by atoms with van der Waals surface area (Å²) in [5, 5.41) is 1.52. The van der Waals surface area contributed by atoms with Crippen molar-refractivity contribution in [3.63, 3.8) is 0 Å². The quantitative estimate of drug-likeness (QED) is 0.394. The number of amides is 1. The lowest BCUT2D eigenvalue weighted by atomic mass is 10.4. The summed E-state index contributed by atoms with van der Waals surface area (Å²) in [6.07, 6.45) is 1.62. The molecule has 0 radical (unpaired) electrons. The van der Waals surface area contributed by atoms with Gasteiger partial charge in [-0.3, -0.25) is 10.2 Å². The highest BCUT2D eigenvalue weighted by Crippen LogP contribution is 2.26. The van der Waals surface area contributed by atoms with Gasteiger partial charge in [0.2, 0.25) is 0 Å². The molecule has 2 aromatic rings. The van der Waals surface area contributed by atoms with Crippen LogP contribution < -0.4 is 11.3 Å². The Bertz CT molecular complexity index is 541. The van der Waals surface area contributed by atoms with Gasteiger partial charge in [0.05, 0.1) is 14.9 Å². The summed E-state index contributed by atoms with van der Waals surface area (Å²) in [4.78, 5) is 17.2. The fourth-order valence-corrected chi connectivity index (χ4v) is 3.15. The van der Waals surface area contributed by atoms with E-state index in [0.717, 1.165) is 15.7 Å². The second-order valence-corrected chi connectivity index (χ2v) is 5.94. The molecule has 2 aromatic heterocycles. The van der Waals surface area contributed by atoms with Gasteiger partial charge in [-0.05, 0) is 24.3 Å². The fourth-order valence-electron chi connectivity index (χ4n) is 1.24. The molecule has 0 spiro atoms. The SMILES string of the molecule is NNC(=O)c1ccc(CSc2ccc(Cl)cn2)s1. The molecule has 0 fully saturated rings. The molecule has 2 rings (SSSR count). The summed E-state index contributed by atoms with van der Waals surface area (Å²) < 4.78 is 0. The maximum absolute atomic E-state index is 11.3. The first-order valence-electron chi connectivity index (χ1n) is 5.03. The van der Waals surface area contributed by atoms with Crippen LogP contribution >= 0.6 is 34.7 Å². The van der Waals surface area contributed by atoms with Gasteiger partial charge >= 0.3 is 0 Å². The smallest absolute Gasteiger partial charge is 0.275 e. The summed E-state index contributed by atoms with van der Waals surface area (Å²) in [6.45, 7) is 0. The number of hydrazine groups is 1. The molecule has 0 bridgehead atoms. The number of aromatic nitrogens is 1. The van der Waals surface area contributed by atoms with Crippen molar-refractivity contribution in [2.45, 2.75) is 10.8 Å². The van der Waals surface area contributed by atoms with Crippen LogP contribution in [0.4, 0.5) is 0 Å². The molecule has 3 N–H and O–H groups in total. The van der Waals surface area contributed by atoms with Crippen LogP contribution in [0.1, 0.15) is 14.5 Å². The van der Waals surface area contributed by atoms with Crippen LogP contribution in [0.25, 0.3) is 0 Å². The third kappa shape index (κ3) is 3.46. The molecule has 4 nitrogen and oxygen atoms in total. The second kappa shape index (κ2) is 6.19. The standard InChI is InChI=1S/C11H10ClN3OS2/c12-7-1-4-10(14-5-7)17-6-8-2-3-9(18-8)11(16)15-13/h1-5H,6,13H2,(H,15,16). The normalized spacial score (nSPS) is 10.3. The lowest BCUT2D eigenvalue weighted by Gasteiger charge is -1.98. The van der Waals surface area contributed by atoms with Gasteiger partial charge in [-0.2, -0.15) is 0 Å². The Kier molecular flexibility index (Phi) is 4.60. The number of halogens is 1. The van der Waals surface area contributed by atoms with Crippen molar-refractivity contribution in [2.75, 3.05) is 0 Å². The van der Waals surface area contributed by atoms with E-state index < -0.39 is 0 Å². The van der Waals surface area contributed by atoms with E-state index in [4.69, 9.17) is 17.4 Å². The molecule has 0 aliphatic rings. The van der Waals surface area contributed by atoms with Crippen LogP contribution in [0.15, 0.2) is 35.5 Å². The minimum absolute atomic E-state index is 0.263. The number of carbonyl (C=O) groups excluding carboxylic acids is 1. The number of nitrogens with zero attached hydrogens (tertiary/aromatic N) is 1. The van der Waals surface area contributed by atoms with Crippen molar-refractivity contribution < 1.29 is 4.79 Å². The zero-order valence-electron chi connectivity index (χ0n) is 9.22. The molecule has 7 heteroatoms. The summed E-state index contributed by atoms with van der Waals surface area (Å²) in [6, 6.07) is 7.35. The second-order valence-electron chi connectivity index (χ2n) is 3.34. The Hall–Kier alpha value is -1.08. The largest absolute Gasteiger partial charge is 0.289 e. The van der Waals surface area contributed by atoms with E-state index in [0.29, 0.717) is 9.90 Å². The highest BCUT2D eigenvalue weighted by Gasteiger charge is 2.07. The first-order valence-corrected chi connectivity index (χ1v) is 7.21. The molecular formula is C11H10ClN3OS2. The molecule has 18 heavy (non-hydrogen) atoms. The van der Waals surface area contributed by atoms with E-state index in [1.165, 1.54) is 11.3 Å². The predicted octanol–water partition coefficient (Wildman–Crippen LogP) is 2.69. The van der Waals surface area contributed by atoms with Gasteiger partial charge in [0, 0.05) is 16.8 Å². The molecule has 0 aromatic carbocycles. The van der Waals surface area contributed by atoms with Gasteiger partial charge in [-0.15, -0.1) is 23.1 Å². The first kappa shape index (κ1) is 13.4. The summed E-state index contributed by atoms with van der Waals surface area (Å²) in [5.41, 5.74) is 2.11. The summed E-state index contributed by atoms with van der Waals surface area (Å²) in [7, 11) is 0. The van der Waals surface area contributed by atoms with Crippen LogP contribution in [-0.2, 0) is 5.75 Å². The molecule has 0 aliphatic heterocycles. The third-order valence-electron chi connectivity index (χ3n) is 2.08. The minimum Gasteiger partial charge on any atom is -0.289 e. The zero-order valence-corrected chi connectivity index (χ0v) is 11.6. The van der Waals surface area contributed by atoms with E-state index in [-0.39, 0.29) is 5.91 Å². The molecule has 0 saturated carbocycles. The number of hydrogen-bond donors (Lipinski definition) is 2. The van der Waals surface area contributed by atoms with Gasteiger partial charge in [0.25, 0.3) is 5.91 Å². The summed E-state index contributed by atoms with van der Waals surface area (Å²) >= 11 is 8.77. The Morgan fingerprint density at radius 2 is 2.28 bits per heavy atom. The van der Waals surface area contributed by atoms with Crippen LogP contribution in [0.3, 0.4) is 0 Å². The van der Waals surface area contributed by atoms with Crippen molar-refractivity contribution in [1.29, 1.82) is 0 Å². The topological polar surface area (TPSA) is 68.0 Å². The van der Waals surface area contributed by atoms with Crippen molar-refractivity contribution >= 4 is 40.6 Å². The van der Waals surface area contributed by atoms with Crippen molar-refractivity contribution in [2.24, 2.45) is 5.84 Å². The number of hydrogen-bond acceptors (Lipinski definition) is 5. The lowest BCUT2D eigenvalue weighted by Crippen LogP contribution is -2.29.